The van der Waals surface area contributed by atoms with E-state index < -0.39 is 12.1 Å². The number of nitrogens with zero attached hydrogens (tertiary/aromatic N) is 2. The molecule has 0 aliphatic carbocycles. The lowest BCUT2D eigenvalue weighted by atomic mass is 10.1. The zero-order chi connectivity index (χ0) is 24.9. The molecule has 180 valence electrons. The second-order valence-corrected chi connectivity index (χ2v) is 8.96. The Kier molecular flexibility index (Phi) is 7.51. The number of carboxylic acids is 1. The first-order valence-corrected chi connectivity index (χ1v) is 12.0. The fraction of sp³-hybridized carbons (Fsp3) is 0.250. The lowest BCUT2D eigenvalue weighted by Gasteiger charge is -2.18. The first kappa shape index (κ1) is 24.5. The number of halogens is 1. The van der Waals surface area contributed by atoms with Gasteiger partial charge in [-0.3, -0.25) is 9.36 Å². The molecule has 0 bridgehead atoms. The van der Waals surface area contributed by atoms with Gasteiger partial charge in [0.2, 0.25) is 6.10 Å². The van der Waals surface area contributed by atoms with Gasteiger partial charge in [0.1, 0.15) is 11.6 Å². The number of ether oxygens (including phenoxy) is 1. The van der Waals surface area contributed by atoms with Crippen LogP contribution in [0.25, 0.3) is 10.9 Å². The Balaban J connectivity index is 1.66. The Morgan fingerprint density at radius 1 is 1.11 bits per heavy atom. The number of aryl methyl sites for hydroxylation is 2. The summed E-state index contributed by atoms with van der Waals surface area (Å²) in [5, 5.41) is 10.5. The molecule has 1 unspecified atom stereocenters. The van der Waals surface area contributed by atoms with Crippen LogP contribution in [0.4, 0.5) is 0 Å². The number of unbranched alkanes of at least 4 members (excludes halogenated alkanes) is 1. The highest BCUT2D eigenvalue weighted by atomic mass is 35.5. The minimum absolute atomic E-state index is 0.0868. The molecule has 0 radical (unpaired) electrons. The van der Waals surface area contributed by atoms with Gasteiger partial charge in [0.05, 0.1) is 22.5 Å². The number of carbonyl (C=O) groups is 1. The number of rotatable bonds is 9. The maximum absolute atomic E-state index is 13.4. The minimum atomic E-state index is -1.18. The van der Waals surface area contributed by atoms with E-state index in [1.807, 2.05) is 31.2 Å². The first-order valence-electron chi connectivity index (χ1n) is 11.6. The Bertz CT molecular complexity index is 1420. The maximum Gasteiger partial charge on any atom is 0.349 e. The van der Waals surface area contributed by atoms with E-state index >= 15 is 0 Å². The summed E-state index contributed by atoms with van der Waals surface area (Å²) in [6.45, 7) is 4.35. The quantitative estimate of drug-likeness (QED) is 0.313. The molecule has 4 aromatic rings. The Hall–Kier alpha value is -3.64. The van der Waals surface area contributed by atoms with Crippen LogP contribution in [0.3, 0.4) is 0 Å². The van der Waals surface area contributed by atoms with Crippen molar-refractivity contribution in [1.82, 2.24) is 9.55 Å². The molecule has 4 rings (SSSR count). The highest BCUT2D eigenvalue weighted by Crippen LogP contribution is 2.30. The molecule has 7 heteroatoms. The van der Waals surface area contributed by atoms with Crippen LogP contribution in [0.1, 0.15) is 48.4 Å². The first-order chi connectivity index (χ1) is 16.9. The standard InChI is InChI=1S/C28H27ClN2O4/c1-3-4-10-25-30-23-13-11-18(2)15-21(23)27(32)31(25)17-19-12-14-24(22(29)16-19)35-26(28(33)34)20-8-6-5-7-9-20/h5-9,11-16,26H,3-4,10,17H2,1-2H3,(H,33,34). The molecule has 6 nitrogen and oxygen atoms in total. The van der Waals surface area contributed by atoms with Crippen molar-refractivity contribution in [2.75, 3.05) is 0 Å². The van der Waals surface area contributed by atoms with Crippen molar-refractivity contribution in [3.8, 4) is 5.75 Å². The van der Waals surface area contributed by atoms with E-state index in [2.05, 4.69) is 6.92 Å². The van der Waals surface area contributed by atoms with Gasteiger partial charge in [0.15, 0.2) is 0 Å². The van der Waals surface area contributed by atoms with Gasteiger partial charge < -0.3 is 9.84 Å². The van der Waals surface area contributed by atoms with Crippen LogP contribution < -0.4 is 10.3 Å². The van der Waals surface area contributed by atoms with Crippen LogP contribution in [-0.2, 0) is 17.8 Å². The fourth-order valence-electron chi connectivity index (χ4n) is 4.01. The van der Waals surface area contributed by atoms with Crippen molar-refractivity contribution in [2.24, 2.45) is 0 Å². The number of aromatic nitrogens is 2. The molecular formula is C28H27ClN2O4. The smallest absolute Gasteiger partial charge is 0.349 e. The summed E-state index contributed by atoms with van der Waals surface area (Å²) in [6.07, 6.45) is 1.43. The van der Waals surface area contributed by atoms with Crippen LogP contribution in [0.5, 0.6) is 5.75 Å². The molecule has 0 aliphatic rings. The molecule has 1 heterocycles. The highest BCUT2D eigenvalue weighted by molar-refractivity contribution is 6.32. The van der Waals surface area contributed by atoms with Crippen molar-refractivity contribution in [1.29, 1.82) is 0 Å². The predicted molar refractivity (Wildman–Crippen MR) is 137 cm³/mol. The Morgan fingerprint density at radius 3 is 2.57 bits per heavy atom. The molecule has 35 heavy (non-hydrogen) atoms. The number of hydrogen-bond acceptors (Lipinski definition) is 4. The topological polar surface area (TPSA) is 81.4 Å². The number of hydrogen-bond donors (Lipinski definition) is 1. The summed E-state index contributed by atoms with van der Waals surface area (Å²) in [5.41, 5.74) is 2.93. The minimum Gasteiger partial charge on any atom is -0.478 e. The monoisotopic (exact) mass is 490 g/mol. The van der Waals surface area contributed by atoms with Crippen molar-refractivity contribution in [2.45, 2.75) is 45.8 Å². The molecule has 0 spiro atoms. The summed E-state index contributed by atoms with van der Waals surface area (Å²) in [7, 11) is 0. The van der Waals surface area contributed by atoms with Crippen molar-refractivity contribution in [3.05, 3.63) is 105 Å². The maximum atomic E-state index is 13.4. The Morgan fingerprint density at radius 2 is 1.89 bits per heavy atom. The second kappa shape index (κ2) is 10.7. The van der Waals surface area contributed by atoms with Gasteiger partial charge in [0, 0.05) is 12.0 Å². The van der Waals surface area contributed by atoms with Crippen LogP contribution in [0.15, 0.2) is 71.5 Å². The molecule has 0 aliphatic heterocycles. The largest absolute Gasteiger partial charge is 0.478 e. The van der Waals surface area contributed by atoms with E-state index in [0.29, 0.717) is 29.4 Å². The summed E-state index contributed by atoms with van der Waals surface area (Å²) >= 11 is 6.49. The summed E-state index contributed by atoms with van der Waals surface area (Å²) in [6, 6.07) is 19.6. The number of benzene rings is 3. The second-order valence-electron chi connectivity index (χ2n) is 8.56. The molecule has 1 N–H and O–H groups in total. The van der Waals surface area contributed by atoms with Gasteiger partial charge in [-0.05, 0) is 43.2 Å². The molecule has 1 aromatic heterocycles. The van der Waals surface area contributed by atoms with E-state index in [0.717, 1.165) is 29.8 Å². The summed E-state index contributed by atoms with van der Waals surface area (Å²) in [4.78, 5) is 30.0. The number of fused-ring (bicyclic) bond motifs is 1. The molecule has 0 amide bonds. The number of aliphatic carboxylic acids is 1. The van der Waals surface area contributed by atoms with Gasteiger partial charge in [-0.2, -0.15) is 0 Å². The van der Waals surface area contributed by atoms with E-state index in [1.165, 1.54) is 0 Å². The zero-order valence-electron chi connectivity index (χ0n) is 19.7. The van der Waals surface area contributed by atoms with E-state index in [-0.39, 0.29) is 16.3 Å². The van der Waals surface area contributed by atoms with Crippen molar-refractivity contribution >= 4 is 28.5 Å². The van der Waals surface area contributed by atoms with Gasteiger partial charge in [-0.15, -0.1) is 0 Å². The average molecular weight is 491 g/mol. The van der Waals surface area contributed by atoms with Crippen LogP contribution in [0.2, 0.25) is 5.02 Å². The average Bonchev–Trinajstić information content (AvgIpc) is 2.85. The fourth-order valence-corrected chi connectivity index (χ4v) is 4.25. The molecular weight excluding hydrogens is 464 g/mol. The Labute approximate surface area is 208 Å². The van der Waals surface area contributed by atoms with E-state index in [1.54, 1.807) is 47.0 Å². The van der Waals surface area contributed by atoms with Crippen molar-refractivity contribution in [3.63, 3.8) is 0 Å². The van der Waals surface area contributed by atoms with Gasteiger partial charge in [-0.1, -0.05) is 73.0 Å². The zero-order valence-corrected chi connectivity index (χ0v) is 20.5. The van der Waals surface area contributed by atoms with Crippen LogP contribution >= 0.6 is 11.6 Å². The lowest BCUT2D eigenvalue weighted by molar-refractivity contribution is -0.145. The van der Waals surface area contributed by atoms with E-state index in [4.69, 9.17) is 21.3 Å². The van der Waals surface area contributed by atoms with Gasteiger partial charge in [-0.25, -0.2) is 9.78 Å². The lowest BCUT2D eigenvalue weighted by Crippen LogP contribution is -2.26. The van der Waals surface area contributed by atoms with E-state index in [9.17, 15) is 14.7 Å². The third kappa shape index (κ3) is 5.54. The molecule has 0 saturated carbocycles. The summed E-state index contributed by atoms with van der Waals surface area (Å²) < 4.78 is 7.46. The molecule has 0 fully saturated rings. The van der Waals surface area contributed by atoms with Crippen LogP contribution in [0, 0.1) is 6.92 Å². The third-order valence-corrected chi connectivity index (χ3v) is 6.15. The normalized spacial score (nSPS) is 12.0. The SMILES string of the molecule is CCCCc1nc2ccc(C)cc2c(=O)n1Cc1ccc(OC(C(=O)O)c2ccccc2)c(Cl)c1. The van der Waals surface area contributed by atoms with Gasteiger partial charge in [0.25, 0.3) is 5.56 Å². The van der Waals surface area contributed by atoms with Gasteiger partial charge >= 0.3 is 5.97 Å². The number of carboxylic acid groups (broad SMARTS) is 1. The molecule has 1 atom stereocenters. The summed E-state index contributed by atoms with van der Waals surface area (Å²) in [5.74, 6) is -0.113. The predicted octanol–water partition coefficient (Wildman–Crippen LogP) is 5.95. The molecule has 0 saturated heterocycles. The van der Waals surface area contributed by atoms with Crippen LogP contribution in [-0.4, -0.2) is 20.6 Å². The van der Waals surface area contributed by atoms with Crippen molar-refractivity contribution < 1.29 is 14.6 Å². The third-order valence-electron chi connectivity index (χ3n) is 5.85. The highest BCUT2D eigenvalue weighted by Gasteiger charge is 2.23. The molecule has 3 aromatic carbocycles.